The highest BCUT2D eigenvalue weighted by molar-refractivity contribution is 5.70. The van der Waals surface area contributed by atoms with E-state index in [1.54, 1.807) is 18.3 Å². The lowest BCUT2D eigenvalue weighted by Crippen LogP contribution is -1.97. The van der Waals surface area contributed by atoms with E-state index in [0.29, 0.717) is 12.5 Å². The molecule has 0 saturated carbocycles. The van der Waals surface area contributed by atoms with Gasteiger partial charge >= 0.3 is 0 Å². The van der Waals surface area contributed by atoms with Gasteiger partial charge in [-0.1, -0.05) is 30.3 Å². The van der Waals surface area contributed by atoms with Gasteiger partial charge in [0.05, 0.1) is 5.69 Å². The largest absolute Gasteiger partial charge is 0.473 e. The minimum Gasteiger partial charge on any atom is -0.473 e. The fourth-order valence-corrected chi connectivity index (χ4v) is 2.36. The zero-order chi connectivity index (χ0) is 16.2. The second kappa shape index (κ2) is 6.48. The Bertz CT molecular complexity index is 802. The van der Waals surface area contributed by atoms with Crippen LogP contribution in [0.4, 0.5) is 10.1 Å². The molecule has 0 bridgehead atoms. The number of aromatic nitrogens is 1. The molecule has 0 fully saturated rings. The predicted octanol–water partition coefficient (Wildman–Crippen LogP) is 4.36. The number of hydrogen-bond donors (Lipinski definition) is 1. The Morgan fingerprint density at radius 2 is 1.87 bits per heavy atom. The summed E-state index contributed by atoms with van der Waals surface area (Å²) in [6.07, 6.45) is 1.71. The van der Waals surface area contributed by atoms with Crippen LogP contribution in [0, 0.1) is 12.7 Å². The molecular formula is C19H17FN2O. The topological polar surface area (TPSA) is 48.1 Å². The molecule has 0 amide bonds. The van der Waals surface area contributed by atoms with Gasteiger partial charge in [0.15, 0.2) is 0 Å². The van der Waals surface area contributed by atoms with E-state index in [1.165, 1.54) is 6.07 Å². The Balaban J connectivity index is 1.76. The van der Waals surface area contributed by atoms with Gasteiger partial charge in [-0.25, -0.2) is 9.37 Å². The average Bonchev–Trinajstić information content (AvgIpc) is 2.58. The second-order valence-electron chi connectivity index (χ2n) is 5.35. The molecule has 2 N–H and O–H groups in total. The molecule has 0 unspecified atom stereocenters. The van der Waals surface area contributed by atoms with Crippen molar-refractivity contribution in [2.45, 2.75) is 13.5 Å². The molecule has 116 valence electrons. The summed E-state index contributed by atoms with van der Waals surface area (Å²) in [5.41, 5.74) is 9.43. The first kappa shape index (κ1) is 15.0. The number of ether oxygens (including phenoxy) is 1. The van der Waals surface area contributed by atoms with Crippen LogP contribution in [-0.4, -0.2) is 4.98 Å². The molecule has 3 aromatic rings. The summed E-state index contributed by atoms with van der Waals surface area (Å²) in [4.78, 5) is 4.31. The van der Waals surface area contributed by atoms with E-state index in [-0.39, 0.29) is 5.69 Å². The summed E-state index contributed by atoms with van der Waals surface area (Å²) in [6, 6.07) is 16.7. The number of pyridine rings is 1. The number of rotatable bonds is 4. The second-order valence-corrected chi connectivity index (χ2v) is 5.35. The Labute approximate surface area is 134 Å². The number of nitrogens with zero attached hydrogens (tertiary/aromatic N) is 1. The molecule has 2 aromatic carbocycles. The average molecular weight is 308 g/mol. The molecule has 1 heterocycles. The van der Waals surface area contributed by atoms with Crippen LogP contribution >= 0.6 is 0 Å². The zero-order valence-corrected chi connectivity index (χ0v) is 12.8. The fourth-order valence-electron chi connectivity index (χ4n) is 2.36. The van der Waals surface area contributed by atoms with Gasteiger partial charge in [0.25, 0.3) is 0 Å². The molecule has 0 radical (unpaired) electrons. The summed E-state index contributed by atoms with van der Waals surface area (Å²) in [5.74, 6) is 0.146. The lowest BCUT2D eigenvalue weighted by molar-refractivity contribution is 0.294. The van der Waals surface area contributed by atoms with Crippen LogP contribution in [0.2, 0.25) is 0 Å². The van der Waals surface area contributed by atoms with Crippen molar-refractivity contribution in [3.05, 3.63) is 77.7 Å². The monoisotopic (exact) mass is 308 g/mol. The van der Waals surface area contributed by atoms with Gasteiger partial charge in [-0.05, 0) is 41.8 Å². The van der Waals surface area contributed by atoms with Crippen molar-refractivity contribution in [3.63, 3.8) is 0 Å². The van der Waals surface area contributed by atoms with Crippen molar-refractivity contribution in [2.75, 3.05) is 5.73 Å². The summed E-state index contributed by atoms with van der Waals surface area (Å²) in [5, 5.41) is 0. The van der Waals surface area contributed by atoms with Crippen molar-refractivity contribution in [2.24, 2.45) is 0 Å². The third kappa shape index (κ3) is 3.48. The normalized spacial score (nSPS) is 10.5. The van der Waals surface area contributed by atoms with Crippen LogP contribution < -0.4 is 10.5 Å². The van der Waals surface area contributed by atoms with Crippen LogP contribution in [0.15, 0.2) is 60.8 Å². The van der Waals surface area contributed by atoms with Crippen molar-refractivity contribution in [1.82, 2.24) is 4.98 Å². The van der Waals surface area contributed by atoms with Gasteiger partial charge in [0, 0.05) is 17.8 Å². The number of aryl methyl sites for hydroxylation is 1. The minimum atomic E-state index is -0.401. The van der Waals surface area contributed by atoms with Crippen molar-refractivity contribution in [3.8, 4) is 17.0 Å². The van der Waals surface area contributed by atoms with Crippen molar-refractivity contribution < 1.29 is 9.13 Å². The van der Waals surface area contributed by atoms with E-state index in [0.717, 1.165) is 22.3 Å². The predicted molar refractivity (Wildman–Crippen MR) is 89.6 cm³/mol. The fraction of sp³-hybridized carbons (Fsp3) is 0.105. The first-order valence-electron chi connectivity index (χ1n) is 7.32. The molecule has 3 rings (SSSR count). The quantitative estimate of drug-likeness (QED) is 0.729. The third-order valence-corrected chi connectivity index (χ3v) is 3.62. The van der Waals surface area contributed by atoms with Crippen LogP contribution in [-0.2, 0) is 6.61 Å². The molecule has 23 heavy (non-hydrogen) atoms. The van der Waals surface area contributed by atoms with E-state index in [9.17, 15) is 4.39 Å². The van der Waals surface area contributed by atoms with Gasteiger partial charge in [0.2, 0.25) is 5.88 Å². The first-order valence-corrected chi connectivity index (χ1v) is 7.32. The van der Waals surface area contributed by atoms with Gasteiger partial charge in [-0.15, -0.1) is 0 Å². The number of nitrogen functional groups attached to an aromatic ring is 1. The summed E-state index contributed by atoms with van der Waals surface area (Å²) in [6.45, 7) is 2.31. The lowest BCUT2D eigenvalue weighted by Gasteiger charge is -2.09. The Morgan fingerprint density at radius 1 is 1.09 bits per heavy atom. The van der Waals surface area contributed by atoms with Crippen LogP contribution in [0.5, 0.6) is 5.88 Å². The SMILES string of the molecule is Cc1cc(F)c(N)cc1-c1ccc(OCc2ccccc2)nc1. The molecule has 0 aliphatic heterocycles. The number of benzene rings is 2. The van der Waals surface area contributed by atoms with Gasteiger partial charge in [-0.3, -0.25) is 0 Å². The Hall–Kier alpha value is -2.88. The Kier molecular flexibility index (Phi) is 4.24. The molecule has 0 aliphatic carbocycles. The number of hydrogen-bond acceptors (Lipinski definition) is 3. The smallest absolute Gasteiger partial charge is 0.213 e. The first-order chi connectivity index (χ1) is 11.1. The van der Waals surface area contributed by atoms with Crippen LogP contribution in [0.1, 0.15) is 11.1 Å². The molecule has 0 saturated heterocycles. The minimum absolute atomic E-state index is 0.134. The summed E-state index contributed by atoms with van der Waals surface area (Å²) < 4.78 is 19.1. The highest BCUT2D eigenvalue weighted by atomic mass is 19.1. The standard InChI is InChI=1S/C19H17FN2O/c1-13-9-17(20)18(21)10-16(13)15-7-8-19(22-11-15)23-12-14-5-3-2-4-6-14/h2-11H,12,21H2,1H3. The number of nitrogens with two attached hydrogens (primary N) is 1. The van der Waals surface area contributed by atoms with Crippen molar-refractivity contribution in [1.29, 1.82) is 0 Å². The maximum atomic E-state index is 13.4. The molecule has 0 aliphatic rings. The highest BCUT2D eigenvalue weighted by Gasteiger charge is 2.08. The lowest BCUT2D eigenvalue weighted by atomic mass is 10.0. The Morgan fingerprint density at radius 3 is 2.57 bits per heavy atom. The van der Waals surface area contributed by atoms with Crippen LogP contribution in [0.3, 0.4) is 0 Å². The van der Waals surface area contributed by atoms with Crippen molar-refractivity contribution >= 4 is 5.69 Å². The molecule has 3 nitrogen and oxygen atoms in total. The third-order valence-electron chi connectivity index (χ3n) is 3.62. The van der Waals surface area contributed by atoms with Gasteiger partial charge < -0.3 is 10.5 Å². The maximum absolute atomic E-state index is 13.4. The van der Waals surface area contributed by atoms with E-state index < -0.39 is 5.82 Å². The molecule has 1 aromatic heterocycles. The molecular weight excluding hydrogens is 291 g/mol. The van der Waals surface area contributed by atoms with E-state index in [4.69, 9.17) is 10.5 Å². The summed E-state index contributed by atoms with van der Waals surface area (Å²) >= 11 is 0. The number of halogens is 1. The van der Waals surface area contributed by atoms with Gasteiger partial charge in [-0.2, -0.15) is 0 Å². The van der Waals surface area contributed by atoms with E-state index in [1.807, 2.05) is 43.3 Å². The van der Waals surface area contributed by atoms with E-state index in [2.05, 4.69) is 4.98 Å². The van der Waals surface area contributed by atoms with Gasteiger partial charge in [0.1, 0.15) is 12.4 Å². The molecule has 4 heteroatoms. The number of anilines is 1. The summed E-state index contributed by atoms with van der Waals surface area (Å²) in [7, 11) is 0. The molecule has 0 spiro atoms. The maximum Gasteiger partial charge on any atom is 0.213 e. The van der Waals surface area contributed by atoms with Crippen LogP contribution in [0.25, 0.3) is 11.1 Å². The van der Waals surface area contributed by atoms with E-state index >= 15 is 0 Å². The molecule has 0 atom stereocenters. The highest BCUT2D eigenvalue weighted by Crippen LogP contribution is 2.27. The zero-order valence-electron chi connectivity index (χ0n) is 12.8.